The van der Waals surface area contributed by atoms with E-state index in [1.165, 1.54) is 12.1 Å². The SMILES string of the molecule is CCOC(=O)n1c(=O)oc2cc([N+](=O)[O-])ccc21. The van der Waals surface area contributed by atoms with E-state index >= 15 is 0 Å². The molecule has 18 heavy (non-hydrogen) atoms. The number of ether oxygens (including phenoxy) is 1. The van der Waals surface area contributed by atoms with E-state index in [2.05, 4.69) is 4.74 Å². The smallest absolute Gasteiger partial charge is 0.429 e. The Kier molecular flexibility index (Phi) is 2.84. The van der Waals surface area contributed by atoms with Crippen LogP contribution in [0.3, 0.4) is 0 Å². The van der Waals surface area contributed by atoms with Crippen molar-refractivity contribution in [3.05, 3.63) is 38.9 Å². The molecule has 8 nitrogen and oxygen atoms in total. The normalized spacial score (nSPS) is 10.5. The topological polar surface area (TPSA) is 105 Å². The van der Waals surface area contributed by atoms with E-state index in [1.54, 1.807) is 6.92 Å². The summed E-state index contributed by atoms with van der Waals surface area (Å²) in [4.78, 5) is 32.9. The summed E-state index contributed by atoms with van der Waals surface area (Å²) in [6.45, 7) is 1.70. The van der Waals surface area contributed by atoms with Gasteiger partial charge in [0.05, 0.1) is 17.6 Å². The fourth-order valence-corrected chi connectivity index (χ4v) is 1.48. The number of carbonyl (C=O) groups is 1. The van der Waals surface area contributed by atoms with Gasteiger partial charge in [0, 0.05) is 6.07 Å². The first-order valence-electron chi connectivity index (χ1n) is 5.01. The van der Waals surface area contributed by atoms with Crippen LogP contribution in [0.15, 0.2) is 27.4 Å². The van der Waals surface area contributed by atoms with Crippen molar-refractivity contribution in [1.82, 2.24) is 4.57 Å². The molecule has 0 bridgehead atoms. The summed E-state index contributed by atoms with van der Waals surface area (Å²) in [6, 6.07) is 3.51. The van der Waals surface area contributed by atoms with Gasteiger partial charge in [-0.3, -0.25) is 10.1 Å². The van der Waals surface area contributed by atoms with Crippen molar-refractivity contribution in [3.63, 3.8) is 0 Å². The molecule has 1 aromatic heterocycles. The van der Waals surface area contributed by atoms with Crippen LogP contribution in [0.4, 0.5) is 10.5 Å². The molecule has 0 N–H and O–H groups in total. The minimum absolute atomic E-state index is 0.0396. The molecule has 0 amide bonds. The second kappa shape index (κ2) is 4.32. The van der Waals surface area contributed by atoms with E-state index in [1.807, 2.05) is 0 Å². The second-order valence-electron chi connectivity index (χ2n) is 3.31. The highest BCUT2D eigenvalue weighted by molar-refractivity contribution is 5.86. The fraction of sp³-hybridized carbons (Fsp3) is 0.200. The average Bonchev–Trinajstić information content (AvgIpc) is 2.63. The summed E-state index contributed by atoms with van der Waals surface area (Å²) in [6.07, 6.45) is -0.880. The van der Waals surface area contributed by atoms with Crippen LogP contribution in [0.5, 0.6) is 0 Å². The summed E-state index contributed by atoms with van der Waals surface area (Å²) >= 11 is 0. The summed E-state index contributed by atoms with van der Waals surface area (Å²) in [5.74, 6) is -0.941. The molecule has 0 aliphatic carbocycles. The van der Waals surface area contributed by atoms with Crippen LogP contribution < -0.4 is 5.76 Å². The van der Waals surface area contributed by atoms with Gasteiger partial charge in [-0.15, -0.1) is 0 Å². The van der Waals surface area contributed by atoms with E-state index in [4.69, 9.17) is 4.42 Å². The van der Waals surface area contributed by atoms with Crippen LogP contribution in [-0.4, -0.2) is 22.2 Å². The monoisotopic (exact) mass is 252 g/mol. The number of nitro groups is 1. The molecule has 0 saturated heterocycles. The molecule has 0 atom stereocenters. The van der Waals surface area contributed by atoms with Crippen LogP contribution in [0.25, 0.3) is 11.1 Å². The van der Waals surface area contributed by atoms with Crippen molar-refractivity contribution in [1.29, 1.82) is 0 Å². The van der Waals surface area contributed by atoms with Crippen LogP contribution in [0, 0.1) is 10.1 Å². The zero-order chi connectivity index (χ0) is 13.3. The number of non-ortho nitro benzene ring substituents is 1. The molecule has 94 valence electrons. The maximum Gasteiger partial charge on any atom is 0.429 e. The number of oxazole rings is 1. The van der Waals surface area contributed by atoms with Gasteiger partial charge < -0.3 is 9.15 Å². The Balaban J connectivity index is 2.63. The number of aromatic nitrogens is 1. The molecule has 1 heterocycles. The lowest BCUT2D eigenvalue weighted by molar-refractivity contribution is -0.384. The molecule has 2 rings (SSSR count). The van der Waals surface area contributed by atoms with Gasteiger partial charge in [-0.2, -0.15) is 4.57 Å². The lowest BCUT2D eigenvalue weighted by Gasteiger charge is -2.00. The highest BCUT2D eigenvalue weighted by Gasteiger charge is 2.19. The Morgan fingerprint density at radius 2 is 2.28 bits per heavy atom. The van der Waals surface area contributed by atoms with Crippen molar-refractivity contribution in [2.45, 2.75) is 6.92 Å². The van der Waals surface area contributed by atoms with Crippen molar-refractivity contribution >= 4 is 22.9 Å². The number of rotatable bonds is 2. The Morgan fingerprint density at radius 3 is 2.89 bits per heavy atom. The second-order valence-corrected chi connectivity index (χ2v) is 3.31. The first-order valence-corrected chi connectivity index (χ1v) is 5.01. The Hall–Kier alpha value is -2.64. The maximum absolute atomic E-state index is 11.5. The molecule has 0 fully saturated rings. The van der Waals surface area contributed by atoms with E-state index in [9.17, 15) is 19.7 Å². The summed E-state index contributed by atoms with van der Waals surface area (Å²) in [5, 5.41) is 10.6. The van der Waals surface area contributed by atoms with Gasteiger partial charge in [0.15, 0.2) is 5.58 Å². The van der Waals surface area contributed by atoms with E-state index in [0.717, 1.165) is 6.07 Å². The number of hydrogen-bond acceptors (Lipinski definition) is 6. The maximum atomic E-state index is 11.5. The van der Waals surface area contributed by atoms with Crippen LogP contribution in [0.1, 0.15) is 6.92 Å². The molecule has 2 aromatic rings. The Morgan fingerprint density at radius 1 is 1.56 bits per heavy atom. The number of hydrogen-bond donors (Lipinski definition) is 0. The third-order valence-corrected chi connectivity index (χ3v) is 2.23. The lowest BCUT2D eigenvalue weighted by Crippen LogP contribution is -2.23. The van der Waals surface area contributed by atoms with Crippen molar-refractivity contribution in [3.8, 4) is 0 Å². The number of nitrogens with zero attached hydrogens (tertiary/aromatic N) is 2. The van der Waals surface area contributed by atoms with Gasteiger partial charge in [-0.25, -0.2) is 9.59 Å². The van der Waals surface area contributed by atoms with Crippen LogP contribution in [-0.2, 0) is 4.74 Å². The van der Waals surface area contributed by atoms with Gasteiger partial charge in [-0.1, -0.05) is 0 Å². The Bertz CT molecular complexity index is 683. The Labute approximate surface area is 99.5 Å². The van der Waals surface area contributed by atoms with Crippen LogP contribution >= 0.6 is 0 Å². The van der Waals surface area contributed by atoms with Gasteiger partial charge in [0.1, 0.15) is 5.52 Å². The molecule has 8 heteroatoms. The molecule has 0 aliphatic heterocycles. The zero-order valence-electron chi connectivity index (χ0n) is 9.28. The first kappa shape index (κ1) is 11.8. The summed E-state index contributed by atoms with van der Waals surface area (Å²) < 4.78 is 10.1. The third kappa shape index (κ3) is 1.83. The number of nitro benzene ring substituents is 1. The van der Waals surface area contributed by atoms with E-state index in [-0.39, 0.29) is 23.4 Å². The van der Waals surface area contributed by atoms with Gasteiger partial charge in [-0.05, 0) is 13.0 Å². The first-order chi connectivity index (χ1) is 8.54. The van der Waals surface area contributed by atoms with E-state index < -0.39 is 16.8 Å². The van der Waals surface area contributed by atoms with Crippen LogP contribution in [0.2, 0.25) is 0 Å². The number of fused-ring (bicyclic) bond motifs is 1. The molecular formula is C10H8N2O6. The van der Waals surface area contributed by atoms with Gasteiger partial charge in [0.2, 0.25) is 0 Å². The van der Waals surface area contributed by atoms with Gasteiger partial charge >= 0.3 is 11.8 Å². The summed E-state index contributed by atoms with van der Waals surface area (Å²) in [7, 11) is 0. The van der Waals surface area contributed by atoms with Crippen molar-refractivity contribution in [2.75, 3.05) is 6.61 Å². The standard InChI is InChI=1S/C10H8N2O6/c1-2-17-9(13)11-7-4-3-6(12(15)16)5-8(7)18-10(11)14/h3-5H,2H2,1H3. The minimum atomic E-state index is -0.941. The molecule has 0 spiro atoms. The molecule has 1 aromatic carbocycles. The predicted molar refractivity (Wildman–Crippen MR) is 59.5 cm³/mol. The molecular weight excluding hydrogens is 244 g/mol. The molecule has 0 unspecified atom stereocenters. The average molecular weight is 252 g/mol. The van der Waals surface area contributed by atoms with E-state index in [0.29, 0.717) is 4.57 Å². The molecule has 0 aliphatic rings. The number of carbonyl (C=O) groups excluding carboxylic acids is 1. The predicted octanol–water partition coefficient (Wildman–Crippen LogP) is 1.51. The summed E-state index contributed by atoms with van der Waals surface area (Å²) in [5.41, 5.74) is -0.140. The van der Waals surface area contributed by atoms with Crippen molar-refractivity contribution in [2.24, 2.45) is 0 Å². The highest BCUT2D eigenvalue weighted by Crippen LogP contribution is 2.20. The lowest BCUT2D eigenvalue weighted by atomic mass is 10.3. The zero-order valence-corrected chi connectivity index (χ0v) is 9.28. The fourth-order valence-electron chi connectivity index (χ4n) is 1.48. The largest absolute Gasteiger partial charge is 0.449 e. The number of benzene rings is 1. The minimum Gasteiger partial charge on any atom is -0.449 e. The van der Waals surface area contributed by atoms with Crippen molar-refractivity contribution < 1.29 is 18.9 Å². The van der Waals surface area contributed by atoms with Gasteiger partial charge in [0.25, 0.3) is 5.69 Å². The molecule has 0 saturated carbocycles. The quantitative estimate of drug-likeness (QED) is 0.592. The third-order valence-electron chi connectivity index (χ3n) is 2.23. The highest BCUT2D eigenvalue weighted by atomic mass is 16.6. The molecule has 0 radical (unpaired) electrons.